The highest BCUT2D eigenvalue weighted by atomic mass is 16.5. The van der Waals surface area contributed by atoms with Gasteiger partial charge in [0.1, 0.15) is 5.60 Å². The summed E-state index contributed by atoms with van der Waals surface area (Å²) in [4.78, 5) is 0. The Labute approximate surface area is 175 Å². The summed E-state index contributed by atoms with van der Waals surface area (Å²) in [5.74, 6) is 0. The SMILES string of the molecule is CC(C)=CCC/C(C)=C/CC/C(C)=C/CC1(O)c2ccccc2[N+](O)=C(C)C1O. The highest BCUT2D eigenvalue weighted by Gasteiger charge is 2.49. The minimum atomic E-state index is -1.45. The normalized spacial score (nSPS) is 22.5. The van der Waals surface area contributed by atoms with Crippen LogP contribution in [0.2, 0.25) is 0 Å². The Morgan fingerprint density at radius 1 is 1.00 bits per heavy atom. The molecule has 0 aromatic heterocycles. The van der Waals surface area contributed by atoms with Gasteiger partial charge in [-0.2, -0.15) is 0 Å². The van der Waals surface area contributed by atoms with Crippen LogP contribution in [0.15, 0.2) is 59.2 Å². The maximum atomic E-state index is 11.3. The molecule has 0 amide bonds. The van der Waals surface area contributed by atoms with Gasteiger partial charge in [0.15, 0.2) is 6.10 Å². The first-order valence-corrected chi connectivity index (χ1v) is 10.4. The van der Waals surface area contributed by atoms with Crippen molar-refractivity contribution in [3.8, 4) is 0 Å². The fourth-order valence-electron chi connectivity index (χ4n) is 3.71. The van der Waals surface area contributed by atoms with Crippen molar-refractivity contribution in [1.29, 1.82) is 0 Å². The first-order valence-electron chi connectivity index (χ1n) is 10.4. The quantitative estimate of drug-likeness (QED) is 0.305. The van der Waals surface area contributed by atoms with E-state index in [-0.39, 0.29) is 0 Å². The van der Waals surface area contributed by atoms with Crippen LogP contribution < -0.4 is 0 Å². The van der Waals surface area contributed by atoms with Gasteiger partial charge in [-0.3, -0.25) is 5.21 Å². The molecule has 0 spiro atoms. The lowest BCUT2D eigenvalue weighted by molar-refractivity contribution is -0.717. The zero-order chi connectivity index (χ0) is 21.6. The lowest BCUT2D eigenvalue weighted by Gasteiger charge is -2.33. The van der Waals surface area contributed by atoms with Crippen LogP contribution in [0, 0.1) is 0 Å². The van der Waals surface area contributed by atoms with E-state index in [9.17, 15) is 15.4 Å². The molecular formula is C25H36NO3+. The maximum Gasteiger partial charge on any atom is 0.263 e. The zero-order valence-corrected chi connectivity index (χ0v) is 18.4. The number of aliphatic hydroxyl groups excluding tert-OH is 1. The van der Waals surface area contributed by atoms with E-state index in [1.54, 1.807) is 25.1 Å². The minimum absolute atomic E-state index is 0.297. The Balaban J connectivity index is 2.04. The summed E-state index contributed by atoms with van der Waals surface area (Å²) in [6.45, 7) is 10.1. The molecule has 158 valence electrons. The van der Waals surface area contributed by atoms with Crippen molar-refractivity contribution in [2.24, 2.45) is 0 Å². The van der Waals surface area contributed by atoms with Crippen LogP contribution in [0.5, 0.6) is 0 Å². The van der Waals surface area contributed by atoms with Crippen molar-refractivity contribution < 1.29 is 20.2 Å². The number of aliphatic hydroxyl groups is 2. The van der Waals surface area contributed by atoms with Gasteiger partial charge in [-0.1, -0.05) is 47.1 Å². The lowest BCUT2D eigenvalue weighted by atomic mass is 9.79. The molecule has 2 rings (SSSR count). The smallest absolute Gasteiger partial charge is 0.263 e. The van der Waals surface area contributed by atoms with Crippen molar-refractivity contribution in [1.82, 2.24) is 0 Å². The topological polar surface area (TPSA) is 63.7 Å². The molecule has 4 heteroatoms. The predicted octanol–water partition coefficient (Wildman–Crippen LogP) is 5.55. The van der Waals surface area contributed by atoms with E-state index < -0.39 is 11.7 Å². The van der Waals surface area contributed by atoms with Gasteiger partial charge in [-0.05, 0) is 59.4 Å². The van der Waals surface area contributed by atoms with Crippen LogP contribution >= 0.6 is 0 Å². The average molecular weight is 399 g/mol. The molecule has 0 saturated heterocycles. The van der Waals surface area contributed by atoms with Gasteiger partial charge < -0.3 is 10.2 Å². The second-order valence-corrected chi connectivity index (χ2v) is 8.46. The predicted molar refractivity (Wildman–Crippen MR) is 119 cm³/mol. The number of fused-ring (bicyclic) bond motifs is 1. The number of benzene rings is 1. The zero-order valence-electron chi connectivity index (χ0n) is 18.4. The van der Waals surface area contributed by atoms with E-state index >= 15 is 0 Å². The Kier molecular flexibility index (Phi) is 8.00. The van der Waals surface area contributed by atoms with E-state index in [0.717, 1.165) is 30.4 Å². The first-order chi connectivity index (χ1) is 13.7. The van der Waals surface area contributed by atoms with Crippen molar-refractivity contribution in [3.63, 3.8) is 0 Å². The molecule has 1 heterocycles. The fraction of sp³-hybridized carbons (Fsp3) is 0.480. The van der Waals surface area contributed by atoms with Gasteiger partial charge in [0.2, 0.25) is 5.71 Å². The van der Waals surface area contributed by atoms with Crippen molar-refractivity contribution in [3.05, 3.63) is 64.8 Å². The van der Waals surface area contributed by atoms with Crippen molar-refractivity contribution >= 4 is 11.4 Å². The molecule has 0 fully saturated rings. The molecule has 4 nitrogen and oxygen atoms in total. The summed E-state index contributed by atoms with van der Waals surface area (Å²) < 4.78 is 0.966. The molecule has 1 aromatic carbocycles. The number of nitrogens with zero attached hydrogens (tertiary/aromatic N) is 1. The molecule has 2 atom stereocenters. The fourth-order valence-corrected chi connectivity index (χ4v) is 3.71. The van der Waals surface area contributed by atoms with Crippen LogP contribution in [0.4, 0.5) is 5.69 Å². The van der Waals surface area contributed by atoms with Gasteiger partial charge >= 0.3 is 0 Å². The van der Waals surface area contributed by atoms with Gasteiger partial charge in [0, 0.05) is 24.1 Å². The summed E-state index contributed by atoms with van der Waals surface area (Å²) >= 11 is 0. The third-order valence-corrected chi connectivity index (χ3v) is 5.67. The molecule has 1 aromatic rings. The van der Waals surface area contributed by atoms with Crippen molar-refractivity contribution in [2.75, 3.05) is 0 Å². The number of hydrogen-bond donors (Lipinski definition) is 3. The van der Waals surface area contributed by atoms with Crippen LogP contribution in [-0.2, 0) is 5.60 Å². The standard InChI is InChI=1S/C25H36NO3/c1-18(2)10-8-11-19(3)12-9-13-20(4)16-17-25(28)22-14-6-7-15-23(22)26(29)21(5)24(25)27/h6-7,10,12,14-16,24,27-29H,8-9,11,13,17H2,1-5H3/q+1/b19-12+,20-16+. The summed E-state index contributed by atoms with van der Waals surface area (Å²) in [7, 11) is 0. The van der Waals surface area contributed by atoms with Crippen LogP contribution in [0.25, 0.3) is 0 Å². The van der Waals surface area contributed by atoms with E-state index in [4.69, 9.17) is 0 Å². The number of para-hydroxylation sites is 1. The molecule has 2 unspecified atom stereocenters. The summed E-state index contributed by atoms with van der Waals surface area (Å²) in [6, 6.07) is 7.12. The summed E-state index contributed by atoms with van der Waals surface area (Å²) in [6.07, 6.45) is 9.76. The molecule has 0 aliphatic carbocycles. The Morgan fingerprint density at radius 2 is 1.59 bits per heavy atom. The lowest BCUT2D eigenvalue weighted by Crippen LogP contribution is -2.49. The van der Waals surface area contributed by atoms with Gasteiger partial charge in [-0.15, -0.1) is 0 Å². The van der Waals surface area contributed by atoms with E-state index in [1.807, 2.05) is 12.1 Å². The Hall–Kier alpha value is -2.17. The number of allylic oxidation sites excluding steroid dienone is 5. The third-order valence-electron chi connectivity index (χ3n) is 5.67. The molecule has 0 bridgehead atoms. The minimum Gasteiger partial charge on any atom is -0.381 e. The van der Waals surface area contributed by atoms with Gasteiger partial charge in [-0.25, -0.2) is 0 Å². The molecule has 1 aliphatic rings. The first kappa shape index (κ1) is 23.1. The van der Waals surface area contributed by atoms with E-state index in [2.05, 4.69) is 39.8 Å². The number of rotatable bonds is 8. The van der Waals surface area contributed by atoms with Gasteiger partial charge in [0.05, 0.1) is 5.56 Å². The molecule has 29 heavy (non-hydrogen) atoms. The van der Waals surface area contributed by atoms with Crippen LogP contribution in [0.1, 0.15) is 72.3 Å². The highest BCUT2D eigenvalue weighted by molar-refractivity contribution is 5.86. The van der Waals surface area contributed by atoms with E-state index in [1.165, 1.54) is 16.7 Å². The summed E-state index contributed by atoms with van der Waals surface area (Å²) in [5, 5.41) is 32.2. The molecule has 0 radical (unpaired) electrons. The second-order valence-electron chi connectivity index (χ2n) is 8.46. The molecule has 1 aliphatic heterocycles. The Bertz CT molecular complexity index is 843. The third kappa shape index (κ3) is 5.68. The Morgan fingerprint density at radius 3 is 2.24 bits per heavy atom. The van der Waals surface area contributed by atoms with Crippen LogP contribution in [0.3, 0.4) is 0 Å². The average Bonchev–Trinajstić information content (AvgIpc) is 2.69. The maximum absolute atomic E-state index is 11.3. The largest absolute Gasteiger partial charge is 0.381 e. The highest BCUT2D eigenvalue weighted by Crippen LogP contribution is 2.39. The van der Waals surface area contributed by atoms with Gasteiger partial charge in [0.25, 0.3) is 5.69 Å². The number of hydrogen-bond acceptors (Lipinski definition) is 3. The second kappa shape index (κ2) is 10.0. The summed E-state index contributed by atoms with van der Waals surface area (Å²) in [5.41, 5.74) is 3.87. The van der Waals surface area contributed by atoms with E-state index in [0.29, 0.717) is 23.4 Å². The molecule has 0 saturated carbocycles. The molecular weight excluding hydrogens is 362 g/mol. The van der Waals surface area contributed by atoms with Crippen molar-refractivity contribution in [2.45, 2.75) is 78.4 Å². The molecule has 3 N–H and O–H groups in total. The monoisotopic (exact) mass is 398 g/mol. The van der Waals surface area contributed by atoms with Crippen LogP contribution in [-0.4, -0.2) is 32.0 Å².